The van der Waals surface area contributed by atoms with Crippen molar-refractivity contribution in [1.29, 1.82) is 0 Å². The lowest BCUT2D eigenvalue weighted by Gasteiger charge is -2.41. The molecule has 9 heteroatoms. The molecular formula is C26H33BrN2O5S. The van der Waals surface area contributed by atoms with Crippen LogP contribution in [-0.2, 0) is 14.4 Å². The molecule has 2 amide bonds. The fraction of sp³-hybridized carbons (Fsp3) is 0.577. The topological polar surface area (TPSA) is 98.2 Å². The number of halogens is 1. The smallest absolute Gasteiger partial charge is 0.308 e. The van der Waals surface area contributed by atoms with Crippen LogP contribution in [0.3, 0.4) is 0 Å². The number of rotatable bonds is 10. The Morgan fingerprint density at radius 3 is 2.63 bits per heavy atom. The van der Waals surface area contributed by atoms with Crippen LogP contribution in [0.1, 0.15) is 44.7 Å². The number of nitrogens with zero attached hydrogens (tertiary/aromatic N) is 2. The maximum atomic E-state index is 14.4. The van der Waals surface area contributed by atoms with Gasteiger partial charge >= 0.3 is 5.97 Å². The van der Waals surface area contributed by atoms with Crippen molar-refractivity contribution in [2.24, 2.45) is 11.8 Å². The molecule has 4 unspecified atom stereocenters. The van der Waals surface area contributed by atoms with Crippen LogP contribution in [0.25, 0.3) is 0 Å². The van der Waals surface area contributed by atoms with E-state index >= 15 is 0 Å². The molecule has 3 aliphatic heterocycles. The second kappa shape index (κ2) is 10.3. The predicted octanol–water partition coefficient (Wildman–Crippen LogP) is 3.47. The zero-order valence-corrected chi connectivity index (χ0v) is 22.5. The zero-order valence-electron chi connectivity index (χ0n) is 20.0. The Balaban J connectivity index is 1.86. The van der Waals surface area contributed by atoms with Crippen molar-refractivity contribution in [2.45, 2.75) is 66.1 Å². The molecule has 3 fully saturated rings. The van der Waals surface area contributed by atoms with Gasteiger partial charge in [0.25, 0.3) is 0 Å². The summed E-state index contributed by atoms with van der Waals surface area (Å²) in [7, 11) is 0. The van der Waals surface area contributed by atoms with Crippen LogP contribution in [0, 0.1) is 11.8 Å². The number of thioether (sulfide) groups is 1. The molecule has 4 rings (SSSR count). The number of carbonyl (C=O) groups excluding carboxylic acids is 2. The van der Waals surface area contributed by atoms with Crippen molar-refractivity contribution in [2.75, 3.05) is 13.2 Å². The van der Waals surface area contributed by atoms with Crippen molar-refractivity contribution < 1.29 is 24.6 Å². The number of carboxylic acids is 1. The fourth-order valence-corrected chi connectivity index (χ4v) is 9.94. The summed E-state index contributed by atoms with van der Waals surface area (Å²) in [6.45, 7) is 7.87. The van der Waals surface area contributed by atoms with Gasteiger partial charge in [0.2, 0.25) is 11.8 Å². The lowest BCUT2D eigenvalue weighted by molar-refractivity contribution is -0.150. The molecule has 8 atom stereocenters. The summed E-state index contributed by atoms with van der Waals surface area (Å²) < 4.78 is -0.871. The summed E-state index contributed by atoms with van der Waals surface area (Å²) in [5, 5.41) is 20.3. The number of fused-ring (bicyclic) bond motifs is 1. The normalized spacial score (nSPS) is 32.9. The highest BCUT2D eigenvalue weighted by atomic mass is 79.9. The van der Waals surface area contributed by atoms with Crippen molar-refractivity contribution in [3.05, 3.63) is 48.6 Å². The monoisotopic (exact) mass is 564 g/mol. The second-order valence-corrected chi connectivity index (χ2v) is 12.5. The molecule has 0 aromatic heterocycles. The highest BCUT2D eigenvalue weighted by molar-refractivity contribution is 9.09. The van der Waals surface area contributed by atoms with Crippen molar-refractivity contribution >= 4 is 45.5 Å². The van der Waals surface area contributed by atoms with E-state index in [0.29, 0.717) is 13.0 Å². The van der Waals surface area contributed by atoms with Crippen LogP contribution in [-0.4, -0.2) is 77.9 Å². The van der Waals surface area contributed by atoms with Gasteiger partial charge in [-0.3, -0.25) is 14.4 Å². The standard InChI is InChI=1S/C26H33BrN2O5S/c1-4-9-15(3)28(12-5-2)24(32)22-26-13-17(27)21(35-26)19(25(33)34)20(26)23(31)29(22)18(14-30)16-10-7-6-8-11-16/h5-8,10-11,15,17-22,30H,2,4,9,12-14H2,1,3H3,(H,33,34)/t15?,17?,18-,19-,20+,21-,22?,26?/m1/s1. The Kier molecular flexibility index (Phi) is 7.69. The van der Waals surface area contributed by atoms with E-state index in [-0.39, 0.29) is 34.5 Å². The van der Waals surface area contributed by atoms with Crippen molar-refractivity contribution in [3.8, 4) is 0 Å². The van der Waals surface area contributed by atoms with Gasteiger partial charge in [0, 0.05) is 22.7 Å². The summed E-state index contributed by atoms with van der Waals surface area (Å²) in [4.78, 5) is 44.0. The van der Waals surface area contributed by atoms with E-state index in [1.54, 1.807) is 11.0 Å². The number of alkyl halides is 1. The van der Waals surface area contributed by atoms with Gasteiger partial charge in [0.1, 0.15) is 6.04 Å². The summed E-state index contributed by atoms with van der Waals surface area (Å²) in [5.74, 6) is -3.27. The number of likely N-dealkylation sites (tertiary alicyclic amines) is 1. The molecule has 0 radical (unpaired) electrons. The minimum atomic E-state index is -1.01. The molecule has 3 heterocycles. The average Bonchev–Trinajstić information content (AvgIpc) is 3.42. The van der Waals surface area contributed by atoms with Crippen LogP contribution in [0.15, 0.2) is 43.0 Å². The third kappa shape index (κ3) is 4.13. The van der Waals surface area contributed by atoms with E-state index in [2.05, 4.69) is 29.4 Å². The van der Waals surface area contributed by atoms with Crippen molar-refractivity contribution in [1.82, 2.24) is 9.80 Å². The molecule has 1 spiro atoms. The highest BCUT2D eigenvalue weighted by Crippen LogP contribution is 2.68. The number of amides is 2. The molecule has 7 nitrogen and oxygen atoms in total. The quantitative estimate of drug-likeness (QED) is 0.333. The van der Waals surface area contributed by atoms with Gasteiger partial charge in [-0.25, -0.2) is 0 Å². The number of aliphatic hydroxyl groups excluding tert-OH is 1. The molecule has 3 aliphatic rings. The van der Waals surface area contributed by atoms with Crippen LogP contribution in [0.4, 0.5) is 0 Å². The molecule has 2 N–H and O–H groups in total. The molecule has 0 saturated carbocycles. The van der Waals surface area contributed by atoms with Gasteiger partial charge in [0.05, 0.1) is 29.2 Å². The van der Waals surface area contributed by atoms with E-state index < -0.39 is 34.6 Å². The third-order valence-electron chi connectivity index (χ3n) is 7.79. The summed E-state index contributed by atoms with van der Waals surface area (Å²) in [6.07, 6.45) is 3.90. The first-order chi connectivity index (χ1) is 16.7. The van der Waals surface area contributed by atoms with E-state index in [4.69, 9.17) is 0 Å². The lowest BCUT2D eigenvalue weighted by Crippen LogP contribution is -2.57. The number of aliphatic hydroxyl groups is 1. The largest absolute Gasteiger partial charge is 0.481 e. The van der Waals surface area contributed by atoms with Crippen LogP contribution < -0.4 is 0 Å². The van der Waals surface area contributed by atoms with Crippen LogP contribution >= 0.6 is 27.7 Å². The van der Waals surface area contributed by atoms with E-state index in [0.717, 1.165) is 18.4 Å². The Bertz CT molecular complexity index is 993. The van der Waals surface area contributed by atoms with E-state index in [1.807, 2.05) is 37.3 Å². The summed E-state index contributed by atoms with van der Waals surface area (Å²) in [5.41, 5.74) is 0.719. The van der Waals surface area contributed by atoms with Crippen LogP contribution in [0.5, 0.6) is 0 Å². The molecule has 35 heavy (non-hydrogen) atoms. The number of hydrogen-bond donors (Lipinski definition) is 2. The molecule has 1 aromatic carbocycles. The summed E-state index contributed by atoms with van der Waals surface area (Å²) >= 11 is 5.14. The van der Waals surface area contributed by atoms with Gasteiger partial charge in [-0.1, -0.05) is 65.7 Å². The highest BCUT2D eigenvalue weighted by Gasteiger charge is 2.76. The Hall–Kier alpha value is -1.84. The Labute approximate surface area is 219 Å². The number of benzene rings is 1. The average molecular weight is 566 g/mol. The maximum Gasteiger partial charge on any atom is 0.308 e. The second-order valence-electron chi connectivity index (χ2n) is 9.77. The molecule has 1 aromatic rings. The lowest BCUT2D eigenvalue weighted by atomic mass is 9.71. The fourth-order valence-electron chi connectivity index (χ4n) is 6.35. The van der Waals surface area contributed by atoms with E-state index in [9.17, 15) is 24.6 Å². The first-order valence-corrected chi connectivity index (χ1v) is 14.0. The molecule has 0 aliphatic carbocycles. The molecule has 2 bridgehead atoms. The Morgan fingerprint density at radius 1 is 1.37 bits per heavy atom. The van der Waals surface area contributed by atoms with Crippen LogP contribution in [0.2, 0.25) is 0 Å². The third-order valence-corrected chi connectivity index (χ3v) is 11.0. The SMILES string of the molecule is C=CCN(C(=O)C1N([C@H](CO)c2ccccc2)C(=O)[C@@H]2[C@@H](C(=O)O)[C@@H]3SC12CC3Br)C(C)CCC. The van der Waals surface area contributed by atoms with E-state index in [1.165, 1.54) is 16.7 Å². The maximum absolute atomic E-state index is 14.4. The van der Waals surface area contributed by atoms with Gasteiger partial charge in [0.15, 0.2) is 0 Å². The Morgan fingerprint density at radius 2 is 2.06 bits per heavy atom. The van der Waals surface area contributed by atoms with Gasteiger partial charge < -0.3 is 20.0 Å². The first-order valence-electron chi connectivity index (χ1n) is 12.2. The molecule has 3 saturated heterocycles. The minimum Gasteiger partial charge on any atom is -0.481 e. The zero-order chi connectivity index (χ0) is 25.5. The number of carboxylic acid groups (broad SMARTS) is 1. The molecular weight excluding hydrogens is 532 g/mol. The first kappa shape index (κ1) is 26.2. The number of hydrogen-bond acceptors (Lipinski definition) is 5. The van der Waals surface area contributed by atoms with Gasteiger partial charge in [-0.15, -0.1) is 18.3 Å². The summed E-state index contributed by atoms with van der Waals surface area (Å²) in [6, 6.07) is 7.48. The predicted molar refractivity (Wildman–Crippen MR) is 139 cm³/mol. The number of carbonyl (C=O) groups is 3. The minimum absolute atomic E-state index is 0.0687. The van der Waals surface area contributed by atoms with Crippen molar-refractivity contribution in [3.63, 3.8) is 0 Å². The molecule has 190 valence electrons. The number of aliphatic carboxylic acids is 1. The van der Waals surface area contributed by atoms with Gasteiger partial charge in [-0.2, -0.15) is 0 Å². The van der Waals surface area contributed by atoms with Gasteiger partial charge in [-0.05, 0) is 25.3 Å².